The number of hydrazine groups is 1. The monoisotopic (exact) mass is 414 g/mol. The van der Waals surface area contributed by atoms with Crippen LogP contribution in [0.15, 0.2) is 16.6 Å². The Morgan fingerprint density at radius 2 is 2.00 bits per heavy atom. The second-order valence-electron chi connectivity index (χ2n) is 7.51. The summed E-state index contributed by atoms with van der Waals surface area (Å²) in [5, 5.41) is 3.24. The Morgan fingerprint density at radius 3 is 2.64 bits per heavy atom. The highest BCUT2D eigenvalue weighted by molar-refractivity contribution is 9.10. The van der Waals surface area contributed by atoms with Crippen LogP contribution in [0.2, 0.25) is 0 Å². The summed E-state index contributed by atoms with van der Waals surface area (Å²) in [7, 11) is 0. The van der Waals surface area contributed by atoms with Gasteiger partial charge in [0, 0.05) is 17.6 Å². The van der Waals surface area contributed by atoms with Crippen molar-refractivity contribution < 1.29 is 13.9 Å². The third-order valence-corrected chi connectivity index (χ3v) is 4.84. The third kappa shape index (κ3) is 4.36. The van der Waals surface area contributed by atoms with Crippen molar-refractivity contribution in [3.8, 4) is 0 Å². The molecule has 25 heavy (non-hydrogen) atoms. The molecule has 1 saturated heterocycles. The van der Waals surface area contributed by atoms with E-state index >= 15 is 0 Å². The molecule has 3 N–H and O–H groups in total. The maximum Gasteiger partial charge on any atom is 0.410 e. The summed E-state index contributed by atoms with van der Waals surface area (Å²) in [6.45, 7) is 6.86. The number of fused-ring (bicyclic) bond motifs is 1. The molecule has 0 aromatic heterocycles. The first kappa shape index (κ1) is 18.3. The zero-order valence-corrected chi connectivity index (χ0v) is 16.2. The van der Waals surface area contributed by atoms with Gasteiger partial charge >= 0.3 is 6.09 Å². The van der Waals surface area contributed by atoms with Gasteiger partial charge in [-0.2, -0.15) is 0 Å². The maximum atomic E-state index is 14.2. The molecule has 1 atom stereocenters. The molecule has 2 heterocycles. The fourth-order valence-electron chi connectivity index (χ4n) is 3.14. The van der Waals surface area contributed by atoms with Gasteiger partial charge in [-0.05, 0) is 51.7 Å². The molecule has 6 nitrogen and oxygen atoms in total. The van der Waals surface area contributed by atoms with Crippen molar-refractivity contribution in [2.75, 3.05) is 23.8 Å². The number of amides is 1. The van der Waals surface area contributed by atoms with Crippen LogP contribution in [0.3, 0.4) is 0 Å². The number of piperidine rings is 1. The molecule has 3 rings (SSSR count). The molecule has 0 aliphatic carbocycles. The second-order valence-corrected chi connectivity index (χ2v) is 8.42. The number of hydrogen-bond acceptors (Lipinski definition) is 5. The summed E-state index contributed by atoms with van der Waals surface area (Å²) in [5.41, 5.74) is 6.93. The van der Waals surface area contributed by atoms with Crippen molar-refractivity contribution in [2.45, 2.75) is 45.4 Å². The minimum atomic E-state index is -0.486. The Morgan fingerprint density at radius 1 is 1.32 bits per heavy atom. The molecule has 0 saturated carbocycles. The van der Waals surface area contributed by atoms with Crippen molar-refractivity contribution in [2.24, 2.45) is 5.92 Å². The first-order valence-corrected chi connectivity index (χ1v) is 9.27. The van der Waals surface area contributed by atoms with Crippen molar-refractivity contribution in [3.05, 3.63) is 22.4 Å². The number of likely N-dealkylation sites (tertiary alicyclic amines) is 1. The molecule has 8 heteroatoms. The van der Waals surface area contributed by atoms with E-state index in [-0.39, 0.29) is 24.0 Å². The number of nitrogens with one attached hydrogen (secondary N) is 3. The van der Waals surface area contributed by atoms with Crippen LogP contribution in [0.5, 0.6) is 0 Å². The van der Waals surface area contributed by atoms with E-state index in [0.717, 1.165) is 12.8 Å². The van der Waals surface area contributed by atoms with E-state index in [1.54, 1.807) is 4.90 Å². The molecule has 2 aliphatic rings. The standard InChI is InChI=1S/C17H24BrFN4O2/c1-17(2,3)25-16(24)23-6-4-10(5-7-23)15-20-14-12(19)8-11(18)9-13(14)21-22-15/h8-10,15,20-22H,4-7H2,1-3H3. The van der Waals surface area contributed by atoms with Crippen molar-refractivity contribution in [1.29, 1.82) is 0 Å². The predicted molar refractivity (Wildman–Crippen MR) is 98.8 cm³/mol. The van der Waals surface area contributed by atoms with E-state index in [0.29, 0.717) is 28.9 Å². The predicted octanol–water partition coefficient (Wildman–Crippen LogP) is 3.90. The van der Waals surface area contributed by atoms with E-state index in [1.165, 1.54) is 6.07 Å². The lowest BCUT2D eigenvalue weighted by Crippen LogP contribution is -2.52. The first-order valence-electron chi connectivity index (χ1n) is 8.48. The number of hydrogen-bond donors (Lipinski definition) is 3. The largest absolute Gasteiger partial charge is 0.444 e. The number of carbonyl (C=O) groups is 1. The average Bonchev–Trinajstić information content (AvgIpc) is 2.53. The smallest absolute Gasteiger partial charge is 0.410 e. The van der Waals surface area contributed by atoms with E-state index < -0.39 is 5.60 Å². The van der Waals surface area contributed by atoms with Crippen LogP contribution in [-0.2, 0) is 4.74 Å². The average molecular weight is 415 g/mol. The lowest BCUT2D eigenvalue weighted by Gasteiger charge is -2.39. The van der Waals surface area contributed by atoms with Gasteiger partial charge in [0.25, 0.3) is 0 Å². The second kappa shape index (κ2) is 6.99. The molecule has 1 aromatic rings. The van der Waals surface area contributed by atoms with Gasteiger partial charge in [-0.3, -0.25) is 0 Å². The van der Waals surface area contributed by atoms with Gasteiger partial charge in [-0.1, -0.05) is 15.9 Å². The van der Waals surface area contributed by atoms with Crippen LogP contribution in [0.4, 0.5) is 20.6 Å². The molecule has 138 valence electrons. The van der Waals surface area contributed by atoms with Gasteiger partial charge in [0.1, 0.15) is 11.4 Å². The Balaban J connectivity index is 1.58. The van der Waals surface area contributed by atoms with E-state index in [4.69, 9.17) is 4.74 Å². The Labute approximate surface area is 155 Å². The first-order chi connectivity index (χ1) is 11.7. The minimum Gasteiger partial charge on any atom is -0.444 e. The highest BCUT2D eigenvalue weighted by atomic mass is 79.9. The molecule has 1 unspecified atom stereocenters. The van der Waals surface area contributed by atoms with Crippen LogP contribution in [0.25, 0.3) is 0 Å². The zero-order valence-electron chi connectivity index (χ0n) is 14.7. The SMILES string of the molecule is CC(C)(C)OC(=O)N1CCC(C2NNc3cc(Br)cc(F)c3N2)CC1. The van der Waals surface area contributed by atoms with Crippen LogP contribution in [-0.4, -0.2) is 35.8 Å². The highest BCUT2D eigenvalue weighted by Crippen LogP contribution is 2.34. The molecule has 1 fully saturated rings. The fourth-order valence-corrected chi connectivity index (χ4v) is 3.57. The van der Waals surface area contributed by atoms with Gasteiger partial charge < -0.3 is 20.4 Å². The van der Waals surface area contributed by atoms with Crippen LogP contribution >= 0.6 is 15.9 Å². The third-order valence-electron chi connectivity index (χ3n) is 4.38. The van der Waals surface area contributed by atoms with Gasteiger partial charge in [-0.15, -0.1) is 0 Å². The van der Waals surface area contributed by atoms with Gasteiger partial charge in [0.15, 0.2) is 0 Å². The molecular formula is C17H24BrFN4O2. The molecule has 0 bridgehead atoms. The fraction of sp³-hybridized carbons (Fsp3) is 0.588. The van der Waals surface area contributed by atoms with Crippen LogP contribution < -0.4 is 16.2 Å². The normalized spacial score (nSPS) is 21.2. The van der Waals surface area contributed by atoms with Crippen LogP contribution in [0, 0.1) is 11.7 Å². The number of rotatable bonds is 1. The molecule has 1 amide bonds. The van der Waals surface area contributed by atoms with Gasteiger partial charge in [0.05, 0.1) is 17.5 Å². The summed E-state index contributed by atoms with van der Waals surface area (Å²) in [6, 6.07) is 3.26. The summed E-state index contributed by atoms with van der Waals surface area (Å²) >= 11 is 3.29. The zero-order chi connectivity index (χ0) is 18.2. The Hall–Kier alpha value is -1.54. The van der Waals surface area contributed by atoms with Gasteiger partial charge in [0.2, 0.25) is 0 Å². The summed E-state index contributed by atoms with van der Waals surface area (Å²) in [5.74, 6) is -0.0167. The minimum absolute atomic E-state index is 0.0936. The lowest BCUT2D eigenvalue weighted by molar-refractivity contribution is 0.0173. The number of halogens is 2. The summed E-state index contributed by atoms with van der Waals surface area (Å²) in [6.07, 6.45) is 1.27. The summed E-state index contributed by atoms with van der Waals surface area (Å²) < 4.78 is 20.3. The number of benzene rings is 1. The van der Waals surface area contributed by atoms with Crippen molar-refractivity contribution >= 4 is 33.4 Å². The lowest BCUT2D eigenvalue weighted by atomic mass is 9.93. The molecule has 2 aliphatic heterocycles. The van der Waals surface area contributed by atoms with E-state index in [1.807, 2.05) is 26.8 Å². The number of nitrogens with zero attached hydrogens (tertiary/aromatic N) is 1. The topological polar surface area (TPSA) is 65.6 Å². The van der Waals surface area contributed by atoms with E-state index in [2.05, 4.69) is 32.1 Å². The van der Waals surface area contributed by atoms with E-state index in [9.17, 15) is 9.18 Å². The van der Waals surface area contributed by atoms with Gasteiger partial charge in [-0.25, -0.2) is 14.6 Å². The number of carbonyl (C=O) groups excluding carboxylic acids is 1. The molecular weight excluding hydrogens is 391 g/mol. The van der Waals surface area contributed by atoms with Crippen LogP contribution in [0.1, 0.15) is 33.6 Å². The maximum absolute atomic E-state index is 14.2. The summed E-state index contributed by atoms with van der Waals surface area (Å²) in [4.78, 5) is 13.9. The van der Waals surface area contributed by atoms with Crippen molar-refractivity contribution in [1.82, 2.24) is 10.3 Å². The highest BCUT2D eigenvalue weighted by Gasteiger charge is 2.32. The van der Waals surface area contributed by atoms with Crippen molar-refractivity contribution in [3.63, 3.8) is 0 Å². The number of anilines is 2. The quantitative estimate of drug-likeness (QED) is 0.649. The Kier molecular flexibility index (Phi) is 5.11. The Bertz CT molecular complexity index is 657. The molecule has 0 spiro atoms. The molecule has 0 radical (unpaired) electrons. The molecule has 1 aromatic carbocycles. The number of ether oxygens (including phenoxy) is 1.